The van der Waals surface area contributed by atoms with Crippen molar-refractivity contribution < 1.29 is 14.6 Å². The van der Waals surface area contributed by atoms with Crippen LogP contribution in [0, 0.1) is 0 Å². The molecule has 0 saturated carbocycles. The molecule has 0 heterocycles. The van der Waals surface area contributed by atoms with Gasteiger partial charge in [-0.25, -0.2) is 0 Å². The summed E-state index contributed by atoms with van der Waals surface area (Å²) in [4.78, 5) is 11.8. The summed E-state index contributed by atoms with van der Waals surface area (Å²) < 4.78 is 5.74. The van der Waals surface area contributed by atoms with Crippen molar-refractivity contribution in [3.8, 4) is 5.75 Å². The smallest absolute Gasteiger partial charge is 0.224 e. The first kappa shape index (κ1) is 17.3. The van der Waals surface area contributed by atoms with Gasteiger partial charge in [-0.3, -0.25) is 4.79 Å². The Bertz CT molecular complexity index is 660. The van der Waals surface area contributed by atoms with Gasteiger partial charge in [-0.15, -0.1) is 0 Å². The van der Waals surface area contributed by atoms with Crippen LogP contribution in [0.3, 0.4) is 0 Å². The largest absolute Gasteiger partial charge is 0.489 e. The fourth-order valence-corrected chi connectivity index (χ4v) is 2.31. The molecule has 0 radical (unpaired) electrons. The summed E-state index contributed by atoms with van der Waals surface area (Å²) in [6.07, 6.45) is 0.249. The first-order valence-electron chi connectivity index (χ1n) is 7.43. The van der Waals surface area contributed by atoms with Gasteiger partial charge in [0.1, 0.15) is 12.4 Å². The van der Waals surface area contributed by atoms with Crippen molar-refractivity contribution in [1.82, 2.24) is 5.32 Å². The van der Waals surface area contributed by atoms with E-state index in [0.717, 1.165) is 11.1 Å². The zero-order valence-electron chi connectivity index (χ0n) is 13.0. The van der Waals surface area contributed by atoms with Gasteiger partial charge in [0.25, 0.3) is 0 Å². The summed E-state index contributed by atoms with van der Waals surface area (Å²) in [5.74, 6) is 0.573. The summed E-state index contributed by atoms with van der Waals surface area (Å²) in [5.41, 5.74) is 1.84. The monoisotopic (exact) mass is 333 g/mol. The molecule has 0 aliphatic heterocycles. The summed E-state index contributed by atoms with van der Waals surface area (Å²) in [6, 6.07) is 14.7. The molecule has 23 heavy (non-hydrogen) atoms. The van der Waals surface area contributed by atoms with E-state index < -0.39 is 0 Å². The molecular formula is C18H20ClNO3. The Balaban J connectivity index is 1.93. The number of amides is 1. The fourth-order valence-electron chi connectivity index (χ4n) is 2.10. The van der Waals surface area contributed by atoms with E-state index >= 15 is 0 Å². The highest BCUT2D eigenvalue weighted by Gasteiger charge is 2.08. The third kappa shape index (κ3) is 5.93. The van der Waals surface area contributed by atoms with Crippen LogP contribution in [-0.4, -0.2) is 23.7 Å². The van der Waals surface area contributed by atoms with E-state index in [4.69, 9.17) is 21.4 Å². The Labute approximate surface area is 141 Å². The van der Waals surface area contributed by atoms with Gasteiger partial charge in [-0.2, -0.15) is 0 Å². The van der Waals surface area contributed by atoms with Gasteiger partial charge >= 0.3 is 0 Å². The van der Waals surface area contributed by atoms with Gasteiger partial charge in [-0.05, 0) is 42.3 Å². The second-order valence-electron chi connectivity index (χ2n) is 5.39. The van der Waals surface area contributed by atoms with Crippen LogP contribution >= 0.6 is 11.6 Å². The molecule has 2 aromatic rings. The maximum absolute atomic E-state index is 11.8. The number of halogens is 1. The Morgan fingerprint density at radius 2 is 1.96 bits per heavy atom. The Hall–Kier alpha value is -2.04. The predicted octanol–water partition coefficient (Wildman–Crippen LogP) is 2.96. The number of aliphatic hydroxyl groups excluding tert-OH is 1. The highest BCUT2D eigenvalue weighted by Crippen LogP contribution is 2.17. The van der Waals surface area contributed by atoms with Crippen molar-refractivity contribution in [1.29, 1.82) is 0 Å². The normalized spacial score (nSPS) is 11.8. The van der Waals surface area contributed by atoms with E-state index in [1.165, 1.54) is 0 Å². The van der Waals surface area contributed by atoms with Crippen LogP contribution in [-0.2, 0) is 17.8 Å². The molecule has 0 bridgehead atoms. The van der Waals surface area contributed by atoms with E-state index in [2.05, 4.69) is 5.32 Å². The average Bonchev–Trinajstić information content (AvgIpc) is 2.53. The lowest BCUT2D eigenvalue weighted by Gasteiger charge is -2.11. The average molecular weight is 334 g/mol. The SMILES string of the molecule is CC(CO)NC(=O)Cc1cccc(OCc2cccc(Cl)c2)c1. The van der Waals surface area contributed by atoms with Gasteiger partial charge in [0.05, 0.1) is 13.0 Å². The van der Waals surface area contributed by atoms with Crippen LogP contribution in [0.2, 0.25) is 5.02 Å². The van der Waals surface area contributed by atoms with Crippen molar-refractivity contribution in [3.63, 3.8) is 0 Å². The van der Waals surface area contributed by atoms with Gasteiger partial charge in [0.15, 0.2) is 0 Å². The van der Waals surface area contributed by atoms with Gasteiger partial charge in [0, 0.05) is 11.1 Å². The van der Waals surface area contributed by atoms with E-state index in [-0.39, 0.29) is 25.0 Å². The molecule has 0 aromatic heterocycles. The lowest BCUT2D eigenvalue weighted by atomic mass is 10.1. The molecule has 0 fully saturated rings. The molecule has 5 heteroatoms. The summed E-state index contributed by atoms with van der Waals surface area (Å²) in [7, 11) is 0. The van der Waals surface area contributed by atoms with E-state index in [0.29, 0.717) is 17.4 Å². The van der Waals surface area contributed by atoms with Crippen LogP contribution in [0.5, 0.6) is 5.75 Å². The summed E-state index contributed by atoms with van der Waals surface area (Å²) in [5, 5.41) is 12.3. The van der Waals surface area contributed by atoms with Gasteiger partial charge in [-0.1, -0.05) is 35.9 Å². The van der Waals surface area contributed by atoms with Crippen molar-refractivity contribution >= 4 is 17.5 Å². The van der Waals surface area contributed by atoms with Crippen molar-refractivity contribution in [2.75, 3.05) is 6.61 Å². The van der Waals surface area contributed by atoms with Crippen molar-refractivity contribution in [2.24, 2.45) is 0 Å². The molecule has 2 aromatic carbocycles. The first-order chi connectivity index (χ1) is 11.1. The molecule has 2 N–H and O–H groups in total. The van der Waals surface area contributed by atoms with Crippen LogP contribution in [0.4, 0.5) is 0 Å². The fraction of sp³-hybridized carbons (Fsp3) is 0.278. The first-order valence-corrected chi connectivity index (χ1v) is 7.81. The van der Waals surface area contributed by atoms with E-state index in [1.54, 1.807) is 6.92 Å². The van der Waals surface area contributed by atoms with Crippen LogP contribution in [0.15, 0.2) is 48.5 Å². The molecule has 2 rings (SSSR count). The van der Waals surface area contributed by atoms with Gasteiger partial charge < -0.3 is 15.2 Å². The lowest BCUT2D eigenvalue weighted by Crippen LogP contribution is -2.35. The zero-order valence-corrected chi connectivity index (χ0v) is 13.7. The predicted molar refractivity (Wildman–Crippen MR) is 90.6 cm³/mol. The zero-order chi connectivity index (χ0) is 16.7. The van der Waals surface area contributed by atoms with Crippen molar-refractivity contribution in [3.05, 3.63) is 64.7 Å². The highest BCUT2D eigenvalue weighted by atomic mass is 35.5. The second-order valence-corrected chi connectivity index (χ2v) is 5.83. The van der Waals surface area contributed by atoms with E-state index in [9.17, 15) is 4.79 Å². The Morgan fingerprint density at radius 1 is 1.22 bits per heavy atom. The van der Waals surface area contributed by atoms with Crippen LogP contribution < -0.4 is 10.1 Å². The van der Waals surface area contributed by atoms with Crippen LogP contribution in [0.1, 0.15) is 18.1 Å². The standard InChI is InChI=1S/C18H20ClNO3/c1-13(11-21)20-18(22)10-14-4-3-7-17(9-14)23-12-15-5-2-6-16(19)8-15/h2-9,13,21H,10-12H2,1H3,(H,20,22). The molecule has 0 saturated heterocycles. The molecule has 4 nitrogen and oxygen atoms in total. The molecule has 1 amide bonds. The third-order valence-electron chi connectivity index (χ3n) is 3.24. The molecular weight excluding hydrogens is 314 g/mol. The number of benzene rings is 2. The summed E-state index contributed by atoms with van der Waals surface area (Å²) >= 11 is 5.94. The number of rotatable bonds is 7. The number of aliphatic hydroxyl groups is 1. The van der Waals surface area contributed by atoms with Crippen molar-refractivity contribution in [2.45, 2.75) is 26.0 Å². The second kappa shape index (κ2) is 8.56. The quantitative estimate of drug-likeness (QED) is 0.819. The maximum Gasteiger partial charge on any atom is 0.224 e. The van der Waals surface area contributed by atoms with Gasteiger partial charge in [0.2, 0.25) is 5.91 Å². The van der Waals surface area contributed by atoms with E-state index in [1.807, 2.05) is 48.5 Å². The Morgan fingerprint density at radius 3 is 2.70 bits per heavy atom. The number of hydrogen-bond acceptors (Lipinski definition) is 3. The minimum absolute atomic E-state index is 0.0749. The molecule has 0 aliphatic rings. The molecule has 1 unspecified atom stereocenters. The highest BCUT2D eigenvalue weighted by molar-refractivity contribution is 6.30. The molecule has 0 aliphatic carbocycles. The topological polar surface area (TPSA) is 58.6 Å². The lowest BCUT2D eigenvalue weighted by molar-refractivity contribution is -0.121. The molecule has 0 spiro atoms. The third-order valence-corrected chi connectivity index (χ3v) is 3.47. The number of hydrogen-bond donors (Lipinski definition) is 2. The Kier molecular flexibility index (Phi) is 6.44. The number of carbonyl (C=O) groups is 1. The molecule has 1 atom stereocenters. The minimum atomic E-state index is -0.246. The number of nitrogens with one attached hydrogen (secondary N) is 1. The maximum atomic E-state index is 11.8. The number of carbonyl (C=O) groups excluding carboxylic acids is 1. The molecule has 122 valence electrons. The summed E-state index contributed by atoms with van der Waals surface area (Å²) in [6.45, 7) is 2.09. The number of ether oxygens (including phenoxy) is 1. The minimum Gasteiger partial charge on any atom is -0.489 e. The van der Waals surface area contributed by atoms with Crippen LogP contribution in [0.25, 0.3) is 0 Å².